The maximum absolute atomic E-state index is 11.9. The maximum Gasteiger partial charge on any atom is 0.258 e. The Morgan fingerprint density at radius 3 is 2.81 bits per heavy atom. The molecular weight excluding hydrogens is 319 g/mol. The lowest BCUT2D eigenvalue weighted by atomic mass is 10.2. The van der Waals surface area contributed by atoms with Crippen LogP contribution in [0.5, 0.6) is 5.75 Å². The molecule has 2 rings (SSSR count). The van der Waals surface area contributed by atoms with Crippen molar-refractivity contribution in [3.8, 4) is 5.75 Å². The summed E-state index contributed by atoms with van der Waals surface area (Å²) in [7, 11) is 3.45. The van der Waals surface area contributed by atoms with Crippen LogP contribution in [-0.2, 0) is 0 Å². The molecule has 1 amide bonds. The van der Waals surface area contributed by atoms with Gasteiger partial charge in [-0.15, -0.1) is 0 Å². The van der Waals surface area contributed by atoms with Crippen molar-refractivity contribution in [3.63, 3.8) is 0 Å². The van der Waals surface area contributed by atoms with E-state index in [1.807, 2.05) is 6.07 Å². The Balaban J connectivity index is 2.30. The van der Waals surface area contributed by atoms with Crippen molar-refractivity contribution in [2.75, 3.05) is 14.1 Å². The maximum atomic E-state index is 11.9. The summed E-state index contributed by atoms with van der Waals surface area (Å²) in [5, 5.41) is 0. The second-order valence-corrected chi connectivity index (χ2v) is 5.13. The predicted molar refractivity (Wildman–Crippen MR) is 68.6 cm³/mol. The van der Waals surface area contributed by atoms with Crippen LogP contribution in [0.3, 0.4) is 0 Å². The van der Waals surface area contributed by atoms with Crippen molar-refractivity contribution in [3.05, 3.63) is 21.5 Å². The molecule has 4 nitrogen and oxygen atoms in total. The predicted octanol–water partition coefficient (Wildman–Crippen LogP) is 1.93. The average Bonchev–Trinajstić information content (AvgIpc) is 3.01. The van der Waals surface area contributed by atoms with Gasteiger partial charge in [-0.3, -0.25) is 4.79 Å². The highest BCUT2D eigenvalue weighted by molar-refractivity contribution is 14.1. The minimum Gasteiger partial charge on any atom is -0.489 e. The highest BCUT2D eigenvalue weighted by Gasteiger charge is 2.26. The molecule has 0 aromatic carbocycles. The largest absolute Gasteiger partial charge is 0.489 e. The van der Waals surface area contributed by atoms with Crippen molar-refractivity contribution in [1.82, 2.24) is 9.88 Å². The summed E-state index contributed by atoms with van der Waals surface area (Å²) in [5.74, 6) is 0.583. The molecule has 16 heavy (non-hydrogen) atoms. The summed E-state index contributed by atoms with van der Waals surface area (Å²) < 4.78 is 6.55. The van der Waals surface area contributed by atoms with Crippen LogP contribution < -0.4 is 4.74 Å². The minimum absolute atomic E-state index is 0.0699. The number of rotatable bonds is 3. The van der Waals surface area contributed by atoms with Crippen molar-refractivity contribution < 1.29 is 9.53 Å². The fourth-order valence-corrected chi connectivity index (χ4v) is 1.70. The molecule has 1 aliphatic carbocycles. The minimum atomic E-state index is -0.0699. The Morgan fingerprint density at radius 2 is 2.25 bits per heavy atom. The van der Waals surface area contributed by atoms with E-state index in [-0.39, 0.29) is 12.0 Å². The molecule has 0 atom stereocenters. The lowest BCUT2D eigenvalue weighted by Gasteiger charge is -2.14. The molecule has 1 saturated carbocycles. The number of hydrogen-bond donors (Lipinski definition) is 0. The molecule has 0 bridgehead atoms. The van der Waals surface area contributed by atoms with Gasteiger partial charge in [-0.05, 0) is 35.4 Å². The first-order chi connectivity index (χ1) is 7.58. The summed E-state index contributed by atoms with van der Waals surface area (Å²) in [4.78, 5) is 17.5. The van der Waals surface area contributed by atoms with Crippen LogP contribution in [0.15, 0.2) is 12.3 Å². The SMILES string of the molecule is CN(C)C(=O)c1cnc(I)cc1OC1CC1. The second kappa shape index (κ2) is 4.57. The highest BCUT2D eigenvalue weighted by atomic mass is 127. The van der Waals surface area contributed by atoms with E-state index in [4.69, 9.17) is 4.74 Å². The number of hydrogen-bond acceptors (Lipinski definition) is 3. The van der Waals surface area contributed by atoms with Gasteiger partial charge < -0.3 is 9.64 Å². The third kappa shape index (κ3) is 2.63. The number of halogens is 1. The third-order valence-corrected chi connectivity index (χ3v) is 2.88. The number of amides is 1. The molecule has 0 unspecified atom stereocenters. The molecule has 0 saturated heterocycles. The van der Waals surface area contributed by atoms with Gasteiger partial charge in [0.25, 0.3) is 5.91 Å². The molecule has 1 aliphatic rings. The molecule has 0 N–H and O–H groups in total. The molecule has 1 aromatic rings. The van der Waals surface area contributed by atoms with Crippen molar-refractivity contribution in [2.45, 2.75) is 18.9 Å². The molecule has 0 spiro atoms. The van der Waals surface area contributed by atoms with Crippen LogP contribution in [0.1, 0.15) is 23.2 Å². The van der Waals surface area contributed by atoms with Gasteiger partial charge in [0.15, 0.2) is 0 Å². The number of nitrogens with zero attached hydrogens (tertiary/aromatic N) is 2. The fourth-order valence-electron chi connectivity index (χ4n) is 1.28. The Morgan fingerprint density at radius 1 is 1.56 bits per heavy atom. The molecule has 86 valence electrons. The van der Waals surface area contributed by atoms with Crippen LogP contribution in [0.25, 0.3) is 0 Å². The summed E-state index contributed by atoms with van der Waals surface area (Å²) in [6.07, 6.45) is 4.03. The van der Waals surface area contributed by atoms with Crippen LogP contribution in [-0.4, -0.2) is 36.0 Å². The van der Waals surface area contributed by atoms with E-state index in [2.05, 4.69) is 27.6 Å². The van der Waals surface area contributed by atoms with Crippen LogP contribution in [0.2, 0.25) is 0 Å². The van der Waals surface area contributed by atoms with Crippen LogP contribution in [0, 0.1) is 3.70 Å². The lowest BCUT2D eigenvalue weighted by molar-refractivity contribution is 0.0822. The lowest BCUT2D eigenvalue weighted by Crippen LogP contribution is -2.23. The summed E-state index contributed by atoms with van der Waals surface area (Å²) >= 11 is 2.11. The van der Waals surface area contributed by atoms with Crippen LogP contribution >= 0.6 is 22.6 Å². The topological polar surface area (TPSA) is 42.4 Å². The van der Waals surface area contributed by atoms with Gasteiger partial charge in [-0.2, -0.15) is 0 Å². The number of aromatic nitrogens is 1. The first-order valence-corrected chi connectivity index (χ1v) is 6.19. The smallest absolute Gasteiger partial charge is 0.258 e. The van der Waals surface area contributed by atoms with Gasteiger partial charge in [-0.1, -0.05) is 0 Å². The monoisotopic (exact) mass is 332 g/mol. The average molecular weight is 332 g/mol. The Kier molecular flexibility index (Phi) is 3.32. The third-order valence-electron chi connectivity index (χ3n) is 2.29. The molecular formula is C11H13IN2O2. The zero-order chi connectivity index (χ0) is 11.7. The molecule has 1 fully saturated rings. The van der Waals surface area contributed by atoms with Crippen molar-refractivity contribution in [2.24, 2.45) is 0 Å². The zero-order valence-electron chi connectivity index (χ0n) is 9.24. The van der Waals surface area contributed by atoms with E-state index >= 15 is 0 Å². The van der Waals surface area contributed by atoms with E-state index in [9.17, 15) is 4.79 Å². The Labute approximate surface area is 108 Å². The second-order valence-electron chi connectivity index (χ2n) is 4.02. The summed E-state index contributed by atoms with van der Waals surface area (Å²) in [6.45, 7) is 0. The number of carbonyl (C=O) groups is 1. The standard InChI is InChI=1S/C11H13IN2O2/c1-14(2)11(15)8-6-13-10(12)5-9(8)16-7-3-4-7/h5-7H,3-4H2,1-2H3. The van der Waals surface area contributed by atoms with Gasteiger partial charge in [0.2, 0.25) is 0 Å². The van der Waals surface area contributed by atoms with E-state index < -0.39 is 0 Å². The quantitative estimate of drug-likeness (QED) is 0.627. The molecule has 5 heteroatoms. The van der Waals surface area contributed by atoms with E-state index in [0.29, 0.717) is 11.3 Å². The first-order valence-electron chi connectivity index (χ1n) is 5.12. The van der Waals surface area contributed by atoms with E-state index in [0.717, 1.165) is 16.5 Å². The highest BCUT2D eigenvalue weighted by Crippen LogP contribution is 2.30. The van der Waals surface area contributed by atoms with E-state index in [1.165, 1.54) is 4.90 Å². The van der Waals surface area contributed by atoms with Crippen LogP contribution in [0.4, 0.5) is 0 Å². The van der Waals surface area contributed by atoms with Gasteiger partial charge in [0, 0.05) is 26.4 Å². The van der Waals surface area contributed by atoms with Gasteiger partial charge >= 0.3 is 0 Å². The molecule has 1 heterocycles. The first kappa shape index (κ1) is 11.6. The number of carbonyl (C=O) groups excluding carboxylic acids is 1. The number of pyridine rings is 1. The van der Waals surface area contributed by atoms with Gasteiger partial charge in [0.05, 0.1) is 11.7 Å². The molecule has 1 aromatic heterocycles. The Bertz CT molecular complexity index is 416. The van der Waals surface area contributed by atoms with Crippen molar-refractivity contribution >= 4 is 28.5 Å². The summed E-state index contributed by atoms with van der Waals surface area (Å²) in [6, 6.07) is 1.82. The molecule has 0 radical (unpaired) electrons. The number of ether oxygens (including phenoxy) is 1. The van der Waals surface area contributed by atoms with Gasteiger partial charge in [-0.25, -0.2) is 4.98 Å². The van der Waals surface area contributed by atoms with E-state index in [1.54, 1.807) is 20.3 Å². The zero-order valence-corrected chi connectivity index (χ0v) is 11.4. The normalized spacial score (nSPS) is 14.7. The fraction of sp³-hybridized carbons (Fsp3) is 0.455. The Hall–Kier alpha value is -0.850. The summed E-state index contributed by atoms with van der Waals surface area (Å²) in [5.41, 5.74) is 0.539. The molecule has 0 aliphatic heterocycles. The van der Waals surface area contributed by atoms with Crippen molar-refractivity contribution in [1.29, 1.82) is 0 Å². The van der Waals surface area contributed by atoms with Gasteiger partial charge in [0.1, 0.15) is 9.45 Å².